The molecule has 0 radical (unpaired) electrons. The highest BCUT2D eigenvalue weighted by Crippen LogP contribution is 2.29. The number of rotatable bonds is 4. The second-order valence-electron chi connectivity index (χ2n) is 7.38. The van der Waals surface area contributed by atoms with Crippen LogP contribution in [0.5, 0.6) is 11.6 Å². The molecule has 0 bridgehead atoms. The first kappa shape index (κ1) is 19.6. The van der Waals surface area contributed by atoms with Crippen LogP contribution < -0.4 is 10.2 Å². The topological polar surface area (TPSA) is 78.1 Å². The van der Waals surface area contributed by atoms with Crippen LogP contribution in [0.3, 0.4) is 0 Å². The number of benzene rings is 2. The van der Waals surface area contributed by atoms with Gasteiger partial charge in [0, 0.05) is 23.5 Å². The number of aromatic nitrogens is 3. The molecule has 0 N–H and O–H groups in total. The number of aryl methyl sites for hydroxylation is 1. The molecule has 0 aliphatic rings. The van der Waals surface area contributed by atoms with Crippen LogP contribution in [0.4, 0.5) is 0 Å². The second-order valence-corrected chi connectivity index (χ2v) is 7.38. The molecule has 0 aliphatic heterocycles. The van der Waals surface area contributed by atoms with Crippen molar-refractivity contribution in [3.05, 3.63) is 101 Å². The van der Waals surface area contributed by atoms with E-state index in [1.165, 1.54) is 6.26 Å². The normalized spacial score (nSPS) is 10.9. The van der Waals surface area contributed by atoms with E-state index >= 15 is 0 Å². The molecule has 2 aromatic carbocycles. The molecule has 0 fully saturated rings. The minimum Gasteiger partial charge on any atom is -0.463 e. The van der Waals surface area contributed by atoms with Gasteiger partial charge in [-0.15, -0.1) is 0 Å². The summed E-state index contributed by atoms with van der Waals surface area (Å²) in [4.78, 5) is 26.4. The van der Waals surface area contributed by atoms with E-state index in [-0.39, 0.29) is 5.43 Å². The van der Waals surface area contributed by atoms with Gasteiger partial charge >= 0.3 is 0 Å². The van der Waals surface area contributed by atoms with Crippen molar-refractivity contribution in [2.45, 2.75) is 13.8 Å². The second kappa shape index (κ2) is 8.07. The lowest BCUT2D eigenvalue weighted by Gasteiger charge is -2.11. The average Bonchev–Trinajstić information content (AvgIpc) is 2.83. The molecule has 6 nitrogen and oxygen atoms in total. The van der Waals surface area contributed by atoms with Gasteiger partial charge in [0.25, 0.3) is 0 Å². The third-order valence-corrected chi connectivity index (χ3v) is 5.28. The van der Waals surface area contributed by atoms with E-state index in [9.17, 15) is 4.79 Å². The SMILES string of the molecule is Cc1nc(-c2ccccn2)nc(Oc2ccc3c(=O)c(-c4ccccc4)coc3c2)c1C. The number of hydrogen-bond donors (Lipinski definition) is 0. The zero-order chi connectivity index (χ0) is 22.1. The number of hydrogen-bond acceptors (Lipinski definition) is 6. The maximum absolute atomic E-state index is 13.0. The van der Waals surface area contributed by atoms with Crippen LogP contribution >= 0.6 is 0 Å². The molecular weight excluding hydrogens is 402 g/mol. The standard InChI is InChI=1S/C26H19N3O3/c1-16-17(2)28-25(22-10-6-7-13-27-22)29-26(16)32-19-11-12-20-23(14-19)31-15-21(24(20)30)18-8-4-3-5-9-18/h3-15H,1-2H3. The molecule has 5 rings (SSSR count). The molecular formula is C26H19N3O3. The number of pyridine rings is 1. The van der Waals surface area contributed by atoms with Crippen molar-refractivity contribution in [1.82, 2.24) is 15.0 Å². The minimum atomic E-state index is -0.0875. The van der Waals surface area contributed by atoms with E-state index in [0.717, 1.165) is 16.8 Å². The summed E-state index contributed by atoms with van der Waals surface area (Å²) in [5.74, 6) is 1.44. The van der Waals surface area contributed by atoms with E-state index in [4.69, 9.17) is 9.15 Å². The fraction of sp³-hybridized carbons (Fsp3) is 0.0769. The van der Waals surface area contributed by atoms with Gasteiger partial charge in [-0.3, -0.25) is 9.78 Å². The Balaban J connectivity index is 1.52. The number of nitrogens with zero attached hydrogens (tertiary/aromatic N) is 3. The Morgan fingerprint density at radius 1 is 0.906 bits per heavy atom. The van der Waals surface area contributed by atoms with Crippen molar-refractivity contribution in [3.63, 3.8) is 0 Å². The van der Waals surface area contributed by atoms with Crippen LogP contribution in [0.15, 0.2) is 88.4 Å². The first-order valence-corrected chi connectivity index (χ1v) is 10.2. The van der Waals surface area contributed by atoms with Gasteiger partial charge in [-0.1, -0.05) is 36.4 Å². The van der Waals surface area contributed by atoms with Gasteiger partial charge in [0.2, 0.25) is 5.88 Å². The quantitative estimate of drug-likeness (QED) is 0.369. The Morgan fingerprint density at radius 2 is 1.72 bits per heavy atom. The van der Waals surface area contributed by atoms with Gasteiger partial charge in [-0.25, -0.2) is 4.98 Å². The van der Waals surface area contributed by atoms with Crippen molar-refractivity contribution in [3.8, 4) is 34.3 Å². The van der Waals surface area contributed by atoms with E-state index in [0.29, 0.717) is 39.7 Å². The average molecular weight is 421 g/mol. The van der Waals surface area contributed by atoms with Crippen LogP contribution in [0.25, 0.3) is 33.6 Å². The molecule has 0 saturated carbocycles. The van der Waals surface area contributed by atoms with Gasteiger partial charge in [-0.2, -0.15) is 4.98 Å². The van der Waals surface area contributed by atoms with E-state index < -0.39 is 0 Å². The highest BCUT2D eigenvalue weighted by molar-refractivity contribution is 5.82. The lowest BCUT2D eigenvalue weighted by atomic mass is 10.1. The monoisotopic (exact) mass is 421 g/mol. The maximum Gasteiger partial charge on any atom is 0.226 e. The summed E-state index contributed by atoms with van der Waals surface area (Å²) in [5.41, 5.74) is 3.99. The summed E-state index contributed by atoms with van der Waals surface area (Å²) in [6, 6.07) is 20.2. The van der Waals surface area contributed by atoms with Gasteiger partial charge in [-0.05, 0) is 43.7 Å². The first-order chi connectivity index (χ1) is 15.6. The lowest BCUT2D eigenvalue weighted by Crippen LogP contribution is -2.05. The van der Waals surface area contributed by atoms with Crippen LogP contribution in [-0.4, -0.2) is 15.0 Å². The van der Waals surface area contributed by atoms with Gasteiger partial charge in [0.1, 0.15) is 23.3 Å². The third kappa shape index (κ3) is 3.63. The third-order valence-electron chi connectivity index (χ3n) is 5.28. The molecule has 0 amide bonds. The molecule has 0 unspecified atom stereocenters. The van der Waals surface area contributed by atoms with Crippen molar-refractivity contribution in [1.29, 1.82) is 0 Å². The summed E-state index contributed by atoms with van der Waals surface area (Å²) >= 11 is 0. The zero-order valence-electron chi connectivity index (χ0n) is 17.6. The highest BCUT2D eigenvalue weighted by atomic mass is 16.5. The molecule has 0 atom stereocenters. The number of ether oxygens (including phenoxy) is 1. The fourth-order valence-electron chi connectivity index (χ4n) is 3.41. The first-order valence-electron chi connectivity index (χ1n) is 10.2. The van der Waals surface area contributed by atoms with Crippen molar-refractivity contribution < 1.29 is 9.15 Å². The molecule has 0 spiro atoms. The minimum absolute atomic E-state index is 0.0875. The Kier molecular flexibility index (Phi) is 4.95. The Bertz CT molecular complexity index is 1480. The van der Waals surface area contributed by atoms with Crippen LogP contribution in [0, 0.1) is 13.8 Å². The van der Waals surface area contributed by atoms with Crippen LogP contribution in [-0.2, 0) is 0 Å². The molecule has 3 heterocycles. The highest BCUT2D eigenvalue weighted by Gasteiger charge is 2.14. The largest absolute Gasteiger partial charge is 0.463 e. The summed E-state index contributed by atoms with van der Waals surface area (Å²) in [5, 5.41) is 0.489. The van der Waals surface area contributed by atoms with E-state index in [2.05, 4.69) is 15.0 Å². The molecule has 0 saturated heterocycles. The maximum atomic E-state index is 13.0. The Morgan fingerprint density at radius 3 is 2.50 bits per heavy atom. The molecule has 32 heavy (non-hydrogen) atoms. The predicted molar refractivity (Wildman–Crippen MR) is 123 cm³/mol. The summed E-state index contributed by atoms with van der Waals surface area (Å²) in [7, 11) is 0. The summed E-state index contributed by atoms with van der Waals surface area (Å²) in [6.45, 7) is 3.81. The number of fused-ring (bicyclic) bond motifs is 1. The van der Waals surface area contributed by atoms with Crippen LogP contribution in [0.1, 0.15) is 11.3 Å². The van der Waals surface area contributed by atoms with Crippen molar-refractivity contribution in [2.24, 2.45) is 0 Å². The van der Waals surface area contributed by atoms with Gasteiger partial charge < -0.3 is 9.15 Å². The zero-order valence-corrected chi connectivity index (χ0v) is 17.6. The van der Waals surface area contributed by atoms with E-state index in [1.807, 2.05) is 62.4 Å². The van der Waals surface area contributed by atoms with Crippen molar-refractivity contribution in [2.75, 3.05) is 0 Å². The predicted octanol–water partition coefficient (Wildman–Crippen LogP) is 5.72. The molecule has 5 aromatic rings. The van der Waals surface area contributed by atoms with Crippen molar-refractivity contribution >= 4 is 11.0 Å². The Labute approximate surface area is 184 Å². The smallest absolute Gasteiger partial charge is 0.226 e. The Hall–Kier alpha value is -4.32. The summed E-state index contributed by atoms with van der Waals surface area (Å²) in [6.07, 6.45) is 3.19. The van der Waals surface area contributed by atoms with Gasteiger partial charge in [0.15, 0.2) is 11.3 Å². The molecule has 3 aromatic heterocycles. The fourth-order valence-corrected chi connectivity index (χ4v) is 3.41. The molecule has 6 heteroatoms. The van der Waals surface area contributed by atoms with E-state index in [1.54, 1.807) is 24.4 Å². The molecule has 156 valence electrons. The van der Waals surface area contributed by atoms with Gasteiger partial charge in [0.05, 0.1) is 10.9 Å². The van der Waals surface area contributed by atoms with Crippen LogP contribution in [0.2, 0.25) is 0 Å². The molecule has 0 aliphatic carbocycles. The lowest BCUT2D eigenvalue weighted by molar-refractivity contribution is 0.456. The summed E-state index contributed by atoms with van der Waals surface area (Å²) < 4.78 is 11.9.